The molecule has 1 aliphatic carbocycles. The molecule has 0 saturated carbocycles. The third kappa shape index (κ3) is 3.61. The first-order chi connectivity index (χ1) is 11.1. The number of nitrogens with zero attached hydrogens (tertiary/aromatic N) is 4. The number of tetrazole rings is 1. The van der Waals surface area contributed by atoms with Crippen LogP contribution < -0.4 is 10.9 Å². The van der Waals surface area contributed by atoms with Gasteiger partial charge in [-0.15, -0.1) is 5.10 Å². The van der Waals surface area contributed by atoms with Gasteiger partial charge in [-0.3, -0.25) is 9.59 Å². The third-order valence-electron chi connectivity index (χ3n) is 3.78. The fraction of sp³-hybridized carbons (Fsp3) is 0.500. The molecular weight excluding hydrogens is 316 g/mol. The molecule has 2 heterocycles. The lowest BCUT2D eigenvalue weighted by Crippen LogP contribution is -2.32. The van der Waals surface area contributed by atoms with Gasteiger partial charge < -0.3 is 10.3 Å². The Bertz CT molecular complexity index is 769. The summed E-state index contributed by atoms with van der Waals surface area (Å²) in [5, 5.41) is 14.6. The number of aromatic nitrogens is 5. The van der Waals surface area contributed by atoms with E-state index in [0.717, 1.165) is 36.9 Å². The minimum absolute atomic E-state index is 0.191. The van der Waals surface area contributed by atoms with Crippen molar-refractivity contribution in [2.75, 3.05) is 12.3 Å². The van der Waals surface area contributed by atoms with Crippen molar-refractivity contribution in [2.45, 2.75) is 30.8 Å². The van der Waals surface area contributed by atoms with Crippen LogP contribution >= 0.6 is 11.8 Å². The summed E-state index contributed by atoms with van der Waals surface area (Å²) in [6, 6.07) is 1.74. The highest BCUT2D eigenvalue weighted by atomic mass is 32.2. The van der Waals surface area contributed by atoms with Crippen molar-refractivity contribution in [3.8, 4) is 0 Å². The second kappa shape index (κ2) is 6.95. The zero-order valence-corrected chi connectivity index (χ0v) is 13.7. The normalized spacial score (nSPS) is 13.6. The van der Waals surface area contributed by atoms with E-state index in [2.05, 4.69) is 25.8 Å². The van der Waals surface area contributed by atoms with Crippen LogP contribution in [-0.2, 0) is 19.9 Å². The standard InChI is InChI=1S/C14H18N6O2S/c1-20-14(17-18-19-20)23-7-6-15-12(21)10-8-9-4-2-3-5-11(9)16-13(10)22/h8H,2-7H2,1H3,(H,15,21)(H,16,22). The monoisotopic (exact) mass is 334 g/mol. The van der Waals surface area contributed by atoms with Gasteiger partial charge in [0.25, 0.3) is 11.5 Å². The Hall–Kier alpha value is -2.16. The second-order valence-electron chi connectivity index (χ2n) is 5.41. The van der Waals surface area contributed by atoms with E-state index in [-0.39, 0.29) is 17.0 Å². The number of amides is 1. The van der Waals surface area contributed by atoms with Gasteiger partial charge in [0, 0.05) is 25.0 Å². The SMILES string of the molecule is Cn1nnnc1SCCNC(=O)c1cc2c([nH]c1=O)CCCC2. The molecule has 9 heteroatoms. The molecule has 2 N–H and O–H groups in total. The smallest absolute Gasteiger partial charge is 0.261 e. The average molecular weight is 334 g/mol. The molecule has 0 aliphatic heterocycles. The van der Waals surface area contributed by atoms with Crippen LogP contribution in [0.3, 0.4) is 0 Å². The second-order valence-corrected chi connectivity index (χ2v) is 6.47. The Kier molecular flexibility index (Phi) is 4.75. The van der Waals surface area contributed by atoms with Crippen LogP contribution in [0.4, 0.5) is 0 Å². The van der Waals surface area contributed by atoms with Crippen molar-refractivity contribution in [1.82, 2.24) is 30.5 Å². The predicted octanol–water partition coefficient (Wildman–Crippen LogP) is 0.299. The maximum absolute atomic E-state index is 12.2. The molecule has 0 unspecified atom stereocenters. The number of carbonyl (C=O) groups is 1. The summed E-state index contributed by atoms with van der Waals surface area (Å²) in [5.74, 6) is 0.291. The zero-order valence-electron chi connectivity index (χ0n) is 12.8. The summed E-state index contributed by atoms with van der Waals surface area (Å²) < 4.78 is 1.57. The number of thioether (sulfide) groups is 1. The number of aryl methyl sites for hydroxylation is 3. The van der Waals surface area contributed by atoms with Gasteiger partial charge in [-0.2, -0.15) is 0 Å². The molecule has 2 aromatic heterocycles. The van der Waals surface area contributed by atoms with Gasteiger partial charge in [0.05, 0.1) is 0 Å². The van der Waals surface area contributed by atoms with Crippen molar-refractivity contribution in [2.24, 2.45) is 7.05 Å². The number of pyridine rings is 1. The van der Waals surface area contributed by atoms with Gasteiger partial charge in [-0.1, -0.05) is 11.8 Å². The molecule has 0 spiro atoms. The van der Waals surface area contributed by atoms with Gasteiger partial charge in [0.15, 0.2) is 0 Å². The van der Waals surface area contributed by atoms with Crippen LogP contribution in [-0.4, -0.2) is 43.4 Å². The number of rotatable bonds is 5. The van der Waals surface area contributed by atoms with Crippen molar-refractivity contribution in [3.63, 3.8) is 0 Å². The van der Waals surface area contributed by atoms with Crippen LogP contribution in [0.15, 0.2) is 16.0 Å². The molecule has 0 fully saturated rings. The Morgan fingerprint density at radius 2 is 2.26 bits per heavy atom. The summed E-state index contributed by atoms with van der Waals surface area (Å²) in [4.78, 5) is 27.1. The van der Waals surface area contributed by atoms with Gasteiger partial charge in [0.1, 0.15) is 5.56 Å². The number of H-pyrrole nitrogens is 1. The highest BCUT2D eigenvalue weighted by molar-refractivity contribution is 7.99. The Morgan fingerprint density at radius 1 is 1.43 bits per heavy atom. The number of fused-ring (bicyclic) bond motifs is 1. The van der Waals surface area contributed by atoms with Crippen molar-refractivity contribution in [1.29, 1.82) is 0 Å². The summed E-state index contributed by atoms with van der Waals surface area (Å²) in [6.07, 6.45) is 3.99. The lowest BCUT2D eigenvalue weighted by Gasteiger charge is -2.15. The van der Waals surface area contributed by atoms with Gasteiger partial charge in [-0.05, 0) is 47.7 Å². The maximum atomic E-state index is 12.2. The van der Waals surface area contributed by atoms with E-state index < -0.39 is 0 Å². The van der Waals surface area contributed by atoms with Crippen molar-refractivity contribution >= 4 is 17.7 Å². The van der Waals surface area contributed by atoms with E-state index in [9.17, 15) is 9.59 Å². The molecule has 0 atom stereocenters. The van der Waals surface area contributed by atoms with E-state index in [1.165, 1.54) is 11.8 Å². The summed E-state index contributed by atoms with van der Waals surface area (Å²) in [6.45, 7) is 0.437. The van der Waals surface area contributed by atoms with Crippen LogP contribution in [0, 0.1) is 0 Å². The molecule has 0 bridgehead atoms. The average Bonchev–Trinajstić information content (AvgIpc) is 2.96. The molecule has 0 aromatic carbocycles. The molecule has 8 nitrogen and oxygen atoms in total. The van der Waals surface area contributed by atoms with Crippen LogP contribution in [0.2, 0.25) is 0 Å². The molecule has 0 saturated heterocycles. The maximum Gasteiger partial charge on any atom is 0.261 e. The molecule has 122 valence electrons. The van der Waals surface area contributed by atoms with Gasteiger partial charge in [-0.25, -0.2) is 4.68 Å². The highest BCUT2D eigenvalue weighted by Crippen LogP contribution is 2.18. The first-order valence-corrected chi connectivity index (χ1v) is 8.52. The minimum atomic E-state index is -0.337. The quantitative estimate of drug-likeness (QED) is 0.602. The number of nitrogens with one attached hydrogen (secondary N) is 2. The largest absolute Gasteiger partial charge is 0.351 e. The highest BCUT2D eigenvalue weighted by Gasteiger charge is 2.16. The van der Waals surface area contributed by atoms with Crippen LogP contribution in [0.1, 0.15) is 34.5 Å². The lowest BCUT2D eigenvalue weighted by atomic mass is 9.95. The van der Waals surface area contributed by atoms with Crippen molar-refractivity contribution < 1.29 is 4.79 Å². The first kappa shape index (κ1) is 15.7. The van der Waals surface area contributed by atoms with E-state index in [0.29, 0.717) is 17.5 Å². The number of hydrogen-bond acceptors (Lipinski definition) is 6. The Balaban J connectivity index is 1.58. The molecule has 1 amide bonds. The van der Waals surface area contributed by atoms with E-state index in [1.807, 2.05) is 0 Å². The third-order valence-corrected chi connectivity index (χ3v) is 4.80. The fourth-order valence-electron chi connectivity index (χ4n) is 2.59. The van der Waals surface area contributed by atoms with Crippen LogP contribution in [0.5, 0.6) is 0 Å². The summed E-state index contributed by atoms with van der Waals surface area (Å²) in [7, 11) is 1.76. The Labute approximate surface area is 137 Å². The summed E-state index contributed by atoms with van der Waals surface area (Å²) >= 11 is 1.44. The molecule has 3 rings (SSSR count). The molecule has 1 aliphatic rings. The minimum Gasteiger partial charge on any atom is -0.351 e. The molecule has 0 radical (unpaired) electrons. The molecule has 2 aromatic rings. The number of hydrogen-bond donors (Lipinski definition) is 2. The number of carbonyl (C=O) groups excluding carboxylic acids is 1. The lowest BCUT2D eigenvalue weighted by molar-refractivity contribution is 0.0954. The van der Waals surface area contributed by atoms with E-state index >= 15 is 0 Å². The molecule has 23 heavy (non-hydrogen) atoms. The van der Waals surface area contributed by atoms with Crippen LogP contribution in [0.25, 0.3) is 0 Å². The number of aromatic amines is 1. The predicted molar refractivity (Wildman–Crippen MR) is 85.6 cm³/mol. The van der Waals surface area contributed by atoms with E-state index in [4.69, 9.17) is 0 Å². The summed E-state index contributed by atoms with van der Waals surface area (Å²) in [5.41, 5.74) is 1.94. The zero-order chi connectivity index (χ0) is 16.2. The molecular formula is C14H18N6O2S. The van der Waals surface area contributed by atoms with Crippen molar-refractivity contribution in [3.05, 3.63) is 33.2 Å². The van der Waals surface area contributed by atoms with Gasteiger partial charge >= 0.3 is 0 Å². The van der Waals surface area contributed by atoms with E-state index in [1.54, 1.807) is 17.8 Å². The first-order valence-electron chi connectivity index (χ1n) is 7.53. The Morgan fingerprint density at radius 3 is 3.04 bits per heavy atom. The van der Waals surface area contributed by atoms with Gasteiger partial charge in [0.2, 0.25) is 5.16 Å². The fourth-order valence-corrected chi connectivity index (χ4v) is 3.29. The topological polar surface area (TPSA) is 106 Å².